The van der Waals surface area contributed by atoms with Crippen molar-refractivity contribution in [3.63, 3.8) is 0 Å². The Morgan fingerprint density at radius 2 is 2.00 bits per heavy atom. The van der Waals surface area contributed by atoms with E-state index in [1.807, 2.05) is 30.5 Å². The van der Waals surface area contributed by atoms with Gasteiger partial charge in [-0.25, -0.2) is 0 Å². The van der Waals surface area contributed by atoms with E-state index < -0.39 is 0 Å². The van der Waals surface area contributed by atoms with Crippen LogP contribution in [0.25, 0.3) is 10.9 Å². The van der Waals surface area contributed by atoms with Crippen LogP contribution in [0.3, 0.4) is 0 Å². The van der Waals surface area contributed by atoms with Crippen LogP contribution in [0.4, 0.5) is 5.69 Å². The van der Waals surface area contributed by atoms with Crippen molar-refractivity contribution >= 4 is 16.6 Å². The van der Waals surface area contributed by atoms with Crippen LogP contribution in [0.5, 0.6) is 0 Å². The molecule has 0 saturated heterocycles. The molecule has 98 valence electrons. The first-order chi connectivity index (χ1) is 9.90. The van der Waals surface area contributed by atoms with Crippen molar-refractivity contribution in [2.75, 3.05) is 5.32 Å². The Balaban J connectivity index is 1.70. The fraction of sp³-hybridized carbons (Fsp3) is 0.118. The van der Waals surface area contributed by atoms with Crippen molar-refractivity contribution in [1.82, 2.24) is 4.98 Å². The molecule has 0 radical (unpaired) electrons. The lowest BCUT2D eigenvalue weighted by molar-refractivity contribution is 0.0508. The van der Waals surface area contributed by atoms with Crippen molar-refractivity contribution in [3.8, 4) is 0 Å². The van der Waals surface area contributed by atoms with Crippen molar-refractivity contribution in [1.29, 1.82) is 0 Å². The molecule has 1 aromatic heterocycles. The smallest absolute Gasteiger partial charge is 0.154 e. The quantitative estimate of drug-likeness (QED) is 0.722. The minimum Gasteiger partial charge on any atom is -0.356 e. The zero-order valence-electron chi connectivity index (χ0n) is 10.9. The van der Waals surface area contributed by atoms with E-state index in [9.17, 15) is 0 Å². The monoisotopic (exact) mass is 262 g/mol. The minimum atomic E-state index is -0.102. The topological polar surface area (TPSA) is 34.1 Å². The van der Waals surface area contributed by atoms with Gasteiger partial charge in [0.05, 0.1) is 12.1 Å². The van der Waals surface area contributed by atoms with E-state index in [1.54, 1.807) is 0 Å². The summed E-state index contributed by atoms with van der Waals surface area (Å²) in [7, 11) is 0. The molecule has 1 atom stereocenters. The van der Waals surface area contributed by atoms with E-state index in [-0.39, 0.29) is 6.23 Å². The van der Waals surface area contributed by atoms with Crippen LogP contribution >= 0.6 is 0 Å². The third-order valence-electron chi connectivity index (χ3n) is 3.64. The van der Waals surface area contributed by atoms with Crippen molar-refractivity contribution in [3.05, 3.63) is 71.9 Å². The number of benzene rings is 2. The predicted molar refractivity (Wildman–Crippen MR) is 79.3 cm³/mol. The summed E-state index contributed by atoms with van der Waals surface area (Å²) in [5, 5.41) is 4.57. The van der Waals surface area contributed by atoms with Crippen molar-refractivity contribution in [2.24, 2.45) is 0 Å². The van der Waals surface area contributed by atoms with Crippen molar-refractivity contribution in [2.45, 2.75) is 12.8 Å². The Bertz CT molecular complexity index is 770. The predicted octanol–water partition coefficient (Wildman–Crippen LogP) is 3.88. The molecular formula is C17H14N2O. The first-order valence-corrected chi connectivity index (χ1v) is 6.71. The number of anilines is 1. The Kier molecular flexibility index (Phi) is 2.64. The number of hydrogen-bond donors (Lipinski definition) is 1. The molecule has 0 fully saturated rings. The summed E-state index contributed by atoms with van der Waals surface area (Å²) in [6.07, 6.45) is 1.71. The lowest BCUT2D eigenvalue weighted by Gasteiger charge is -2.27. The number of para-hydroxylation sites is 1. The normalized spacial score (nSPS) is 17.5. The van der Waals surface area contributed by atoms with Crippen molar-refractivity contribution < 1.29 is 4.74 Å². The maximum absolute atomic E-state index is 5.91. The summed E-state index contributed by atoms with van der Waals surface area (Å²) in [5.41, 5.74) is 4.48. The van der Waals surface area contributed by atoms with E-state index in [0.29, 0.717) is 6.61 Å². The maximum atomic E-state index is 5.91. The number of rotatable bonds is 1. The van der Waals surface area contributed by atoms with Crippen LogP contribution in [0.15, 0.2) is 60.8 Å². The molecule has 3 heteroatoms. The summed E-state index contributed by atoms with van der Waals surface area (Å²) in [5.74, 6) is 0. The molecule has 2 aromatic carbocycles. The van der Waals surface area contributed by atoms with Crippen LogP contribution in [-0.4, -0.2) is 4.98 Å². The van der Waals surface area contributed by atoms with Gasteiger partial charge in [0.1, 0.15) is 0 Å². The molecule has 3 nitrogen and oxygen atoms in total. The third kappa shape index (κ3) is 1.92. The molecule has 1 N–H and O–H groups in total. The highest BCUT2D eigenvalue weighted by Crippen LogP contribution is 2.31. The van der Waals surface area contributed by atoms with Gasteiger partial charge < -0.3 is 10.1 Å². The molecule has 1 aliphatic rings. The average Bonchev–Trinajstić information content (AvgIpc) is 2.54. The summed E-state index contributed by atoms with van der Waals surface area (Å²) < 4.78 is 5.91. The number of nitrogens with one attached hydrogen (secondary N) is 1. The van der Waals surface area contributed by atoms with Gasteiger partial charge in [0.25, 0.3) is 0 Å². The van der Waals surface area contributed by atoms with Gasteiger partial charge in [-0.2, -0.15) is 0 Å². The number of aromatic nitrogens is 1. The first kappa shape index (κ1) is 11.4. The fourth-order valence-corrected chi connectivity index (χ4v) is 2.58. The number of hydrogen-bond acceptors (Lipinski definition) is 3. The number of ether oxygens (including phenoxy) is 1. The Morgan fingerprint density at radius 3 is 3.00 bits per heavy atom. The number of pyridine rings is 1. The Hall–Kier alpha value is -2.39. The SMILES string of the molecule is c1ccc2c(c1)COC(c1ccc3ncccc3c1)N2. The van der Waals surface area contributed by atoms with E-state index in [2.05, 4.69) is 40.6 Å². The zero-order valence-corrected chi connectivity index (χ0v) is 10.9. The lowest BCUT2D eigenvalue weighted by Crippen LogP contribution is -2.20. The van der Waals surface area contributed by atoms with E-state index >= 15 is 0 Å². The molecule has 0 aliphatic carbocycles. The van der Waals surface area contributed by atoms with Gasteiger partial charge in [-0.1, -0.05) is 30.3 Å². The fourth-order valence-electron chi connectivity index (χ4n) is 2.58. The van der Waals surface area contributed by atoms with Gasteiger partial charge >= 0.3 is 0 Å². The van der Waals surface area contributed by atoms with Crippen LogP contribution in [0.1, 0.15) is 17.4 Å². The van der Waals surface area contributed by atoms with Crippen LogP contribution in [-0.2, 0) is 11.3 Å². The summed E-state index contributed by atoms with van der Waals surface area (Å²) in [4.78, 5) is 4.34. The Morgan fingerprint density at radius 1 is 1.05 bits per heavy atom. The molecule has 0 spiro atoms. The van der Waals surface area contributed by atoms with E-state index in [1.165, 1.54) is 5.56 Å². The molecule has 3 aromatic rings. The van der Waals surface area contributed by atoms with Crippen LogP contribution in [0, 0.1) is 0 Å². The molecular weight excluding hydrogens is 248 g/mol. The van der Waals surface area contributed by atoms with Gasteiger partial charge in [-0.3, -0.25) is 4.98 Å². The van der Waals surface area contributed by atoms with Crippen LogP contribution < -0.4 is 5.32 Å². The van der Waals surface area contributed by atoms with Gasteiger partial charge in [0.2, 0.25) is 0 Å². The second kappa shape index (κ2) is 4.62. The molecule has 20 heavy (non-hydrogen) atoms. The van der Waals surface area contributed by atoms with E-state index in [4.69, 9.17) is 4.74 Å². The van der Waals surface area contributed by atoms with Gasteiger partial charge in [0, 0.05) is 28.4 Å². The van der Waals surface area contributed by atoms with E-state index in [0.717, 1.165) is 22.2 Å². The molecule has 1 aliphatic heterocycles. The first-order valence-electron chi connectivity index (χ1n) is 6.71. The lowest BCUT2D eigenvalue weighted by atomic mass is 10.1. The molecule has 0 bridgehead atoms. The largest absolute Gasteiger partial charge is 0.356 e. The number of fused-ring (bicyclic) bond motifs is 2. The summed E-state index contributed by atoms with van der Waals surface area (Å²) in [6.45, 7) is 0.638. The highest BCUT2D eigenvalue weighted by Gasteiger charge is 2.19. The molecule has 2 heterocycles. The maximum Gasteiger partial charge on any atom is 0.154 e. The minimum absolute atomic E-state index is 0.102. The highest BCUT2D eigenvalue weighted by molar-refractivity contribution is 5.79. The zero-order chi connectivity index (χ0) is 13.4. The number of nitrogens with zero attached hydrogens (tertiary/aromatic N) is 1. The van der Waals surface area contributed by atoms with Crippen LogP contribution in [0.2, 0.25) is 0 Å². The average molecular weight is 262 g/mol. The van der Waals surface area contributed by atoms with Gasteiger partial charge in [-0.05, 0) is 24.3 Å². The standard InChI is InChI=1S/C17H14N2O/c1-2-6-16-14(4-1)11-20-17(19-16)13-7-8-15-12(10-13)5-3-9-18-15/h1-10,17,19H,11H2. The molecule has 1 unspecified atom stereocenters. The Labute approximate surface area is 117 Å². The van der Waals surface area contributed by atoms with Gasteiger partial charge in [-0.15, -0.1) is 0 Å². The third-order valence-corrected chi connectivity index (χ3v) is 3.64. The summed E-state index contributed by atoms with van der Waals surface area (Å²) >= 11 is 0. The van der Waals surface area contributed by atoms with Gasteiger partial charge in [0.15, 0.2) is 6.23 Å². The molecule has 0 amide bonds. The molecule has 4 rings (SSSR count). The highest BCUT2D eigenvalue weighted by atomic mass is 16.5. The molecule has 0 saturated carbocycles. The summed E-state index contributed by atoms with van der Waals surface area (Å²) in [6, 6.07) is 18.5. The second-order valence-corrected chi connectivity index (χ2v) is 4.95. The second-order valence-electron chi connectivity index (χ2n) is 4.95.